The zero-order valence-corrected chi connectivity index (χ0v) is 13.8. The molecule has 0 radical (unpaired) electrons. The average molecular weight is 304 g/mol. The second-order valence-corrected chi connectivity index (χ2v) is 6.36. The number of amides is 2. The first-order valence-corrected chi connectivity index (χ1v) is 7.80. The van der Waals surface area contributed by atoms with Crippen molar-refractivity contribution in [1.82, 2.24) is 10.6 Å². The molecule has 1 unspecified atom stereocenters. The summed E-state index contributed by atoms with van der Waals surface area (Å²) in [5.41, 5.74) is 0.546. The van der Waals surface area contributed by atoms with Crippen LogP contribution in [0, 0.1) is 5.92 Å². The van der Waals surface area contributed by atoms with Crippen LogP contribution < -0.4 is 15.5 Å². The van der Waals surface area contributed by atoms with Gasteiger partial charge in [0.05, 0.1) is 19.5 Å². The highest BCUT2D eigenvalue weighted by Gasteiger charge is 2.49. The van der Waals surface area contributed by atoms with Gasteiger partial charge in [0.25, 0.3) is 0 Å². The first kappa shape index (κ1) is 16.5. The molecular formula is C17H26N3O2+. The molecule has 2 rings (SSSR count). The molecule has 5 heteroatoms. The number of benzene rings is 1. The molecule has 120 valence electrons. The maximum absolute atomic E-state index is 11.7. The van der Waals surface area contributed by atoms with E-state index >= 15 is 0 Å². The molecule has 1 aliphatic heterocycles. The third kappa shape index (κ3) is 3.30. The summed E-state index contributed by atoms with van der Waals surface area (Å²) in [7, 11) is 2.17. The number of carbonyl (C=O) groups excluding carboxylic acids is 2. The van der Waals surface area contributed by atoms with Crippen molar-refractivity contribution >= 4 is 11.8 Å². The summed E-state index contributed by atoms with van der Waals surface area (Å²) in [5.74, 6) is -0.157. The molecule has 5 nitrogen and oxygen atoms in total. The molecule has 0 aliphatic carbocycles. The molecule has 3 atom stereocenters. The lowest BCUT2D eigenvalue weighted by molar-refractivity contribution is -0.924. The van der Waals surface area contributed by atoms with Crippen molar-refractivity contribution in [1.29, 1.82) is 0 Å². The number of likely N-dealkylation sites (tertiary alicyclic amines) is 1. The van der Waals surface area contributed by atoms with Crippen LogP contribution in [0.3, 0.4) is 0 Å². The summed E-state index contributed by atoms with van der Waals surface area (Å²) < 4.78 is 0. The fourth-order valence-corrected chi connectivity index (χ4v) is 3.73. The molecule has 1 fully saturated rings. The van der Waals surface area contributed by atoms with Crippen molar-refractivity contribution < 1.29 is 14.5 Å². The highest BCUT2D eigenvalue weighted by atomic mass is 16.2. The third-order valence-corrected chi connectivity index (χ3v) is 4.68. The lowest BCUT2D eigenvalue weighted by Gasteiger charge is -2.48. The average Bonchev–Trinajstić information content (AvgIpc) is 2.43. The molecular weight excluding hydrogens is 278 g/mol. The van der Waals surface area contributed by atoms with Gasteiger partial charge in [-0.15, -0.1) is 0 Å². The monoisotopic (exact) mass is 304 g/mol. The van der Waals surface area contributed by atoms with Gasteiger partial charge >= 0.3 is 0 Å². The van der Waals surface area contributed by atoms with E-state index in [4.69, 9.17) is 0 Å². The normalized spacial score (nSPS) is 27.0. The Kier molecular flexibility index (Phi) is 4.86. The van der Waals surface area contributed by atoms with Crippen molar-refractivity contribution in [3.63, 3.8) is 0 Å². The van der Waals surface area contributed by atoms with E-state index in [1.807, 2.05) is 18.2 Å². The van der Waals surface area contributed by atoms with Gasteiger partial charge in [0.15, 0.2) is 0 Å². The molecule has 1 heterocycles. The minimum Gasteiger partial charge on any atom is -0.333 e. The van der Waals surface area contributed by atoms with E-state index in [9.17, 15) is 9.59 Å². The molecule has 1 aliphatic rings. The number of hydrogen-bond acceptors (Lipinski definition) is 2. The van der Waals surface area contributed by atoms with Gasteiger partial charge in [-0.05, 0) is 0 Å². The zero-order chi connectivity index (χ0) is 16.3. The summed E-state index contributed by atoms with van der Waals surface area (Å²) >= 11 is 0. The number of carbonyl (C=O) groups is 2. The summed E-state index contributed by atoms with van der Waals surface area (Å²) in [6.07, 6.45) is 0.725. The predicted octanol–water partition coefficient (Wildman–Crippen LogP) is 0.251. The first-order valence-electron chi connectivity index (χ1n) is 7.80. The van der Waals surface area contributed by atoms with Crippen molar-refractivity contribution in [2.45, 2.75) is 38.9 Å². The standard InChI is InChI=1S/C17H25N3O2/c1-12-16(15-8-6-5-7-9-15)20(4)11-10-17(12,18-13(2)21)19-14(3)22/h5-9,12,16H,10-11H2,1-4H3,(H,18,21)(H,19,22)/p+1/t12-,16-/m1/s1. The van der Waals surface area contributed by atoms with E-state index < -0.39 is 5.66 Å². The first-order chi connectivity index (χ1) is 10.4. The minimum atomic E-state index is -0.683. The van der Waals surface area contributed by atoms with Gasteiger partial charge in [-0.1, -0.05) is 37.3 Å². The lowest BCUT2D eigenvalue weighted by Crippen LogP contribution is -3.12. The van der Waals surface area contributed by atoms with Gasteiger partial charge < -0.3 is 15.5 Å². The predicted molar refractivity (Wildman–Crippen MR) is 85.1 cm³/mol. The van der Waals surface area contributed by atoms with Crippen LogP contribution in [0.15, 0.2) is 30.3 Å². The smallest absolute Gasteiger partial charge is 0.218 e. The molecule has 3 N–H and O–H groups in total. The maximum Gasteiger partial charge on any atom is 0.218 e. The lowest BCUT2D eigenvalue weighted by atomic mass is 9.77. The fourth-order valence-electron chi connectivity index (χ4n) is 3.73. The number of piperidine rings is 1. The number of rotatable bonds is 3. The zero-order valence-electron chi connectivity index (χ0n) is 13.8. The molecule has 1 saturated heterocycles. The Hall–Kier alpha value is -1.88. The van der Waals surface area contributed by atoms with E-state index in [-0.39, 0.29) is 23.8 Å². The van der Waals surface area contributed by atoms with Crippen LogP contribution in [0.25, 0.3) is 0 Å². The summed E-state index contributed by atoms with van der Waals surface area (Å²) in [5, 5.41) is 6.02. The number of hydrogen-bond donors (Lipinski definition) is 3. The van der Waals surface area contributed by atoms with E-state index in [1.54, 1.807) is 0 Å². The van der Waals surface area contributed by atoms with Crippen molar-refractivity contribution in [2.24, 2.45) is 5.92 Å². The van der Waals surface area contributed by atoms with Gasteiger partial charge in [0, 0.05) is 25.8 Å². The van der Waals surface area contributed by atoms with Crippen LogP contribution in [0.1, 0.15) is 38.8 Å². The number of nitrogens with one attached hydrogen (secondary N) is 3. The van der Waals surface area contributed by atoms with Crippen LogP contribution in [0.2, 0.25) is 0 Å². The van der Waals surface area contributed by atoms with E-state index in [1.165, 1.54) is 24.3 Å². The summed E-state index contributed by atoms with van der Waals surface area (Å²) in [4.78, 5) is 24.8. The Balaban J connectivity index is 2.39. The van der Waals surface area contributed by atoms with Gasteiger partial charge in [0.1, 0.15) is 11.7 Å². The quantitative estimate of drug-likeness (QED) is 0.701. The molecule has 22 heavy (non-hydrogen) atoms. The molecule has 0 spiro atoms. The van der Waals surface area contributed by atoms with Crippen molar-refractivity contribution in [2.75, 3.05) is 13.6 Å². The summed E-state index contributed by atoms with van der Waals surface area (Å²) in [6, 6.07) is 10.5. The molecule has 0 aromatic heterocycles. The highest BCUT2D eigenvalue weighted by molar-refractivity contribution is 5.77. The SMILES string of the molecule is CC(=O)NC1(NC(C)=O)CC[NH+](C)[C@@H](c2ccccc2)[C@H]1C. The number of quaternary nitrogens is 1. The second kappa shape index (κ2) is 6.48. The van der Waals surface area contributed by atoms with Crippen molar-refractivity contribution in [3.05, 3.63) is 35.9 Å². The molecule has 2 amide bonds. The highest BCUT2D eigenvalue weighted by Crippen LogP contribution is 2.32. The Morgan fingerprint density at radius 1 is 1.14 bits per heavy atom. The fraction of sp³-hybridized carbons (Fsp3) is 0.529. The van der Waals surface area contributed by atoms with Crippen LogP contribution in [0.4, 0.5) is 0 Å². The van der Waals surface area contributed by atoms with Gasteiger partial charge in [-0.2, -0.15) is 0 Å². The Labute approximate surface area is 132 Å². The molecule has 1 aromatic carbocycles. The topological polar surface area (TPSA) is 62.6 Å². The maximum atomic E-state index is 11.7. The largest absolute Gasteiger partial charge is 0.333 e. The minimum absolute atomic E-state index is 0.0800. The molecule has 0 saturated carbocycles. The Bertz CT molecular complexity index is 528. The Morgan fingerprint density at radius 3 is 2.18 bits per heavy atom. The molecule has 1 aromatic rings. The van der Waals surface area contributed by atoms with Crippen LogP contribution in [-0.4, -0.2) is 31.1 Å². The van der Waals surface area contributed by atoms with Gasteiger partial charge in [-0.25, -0.2) is 0 Å². The van der Waals surface area contributed by atoms with Gasteiger partial charge in [-0.3, -0.25) is 9.59 Å². The third-order valence-electron chi connectivity index (χ3n) is 4.68. The second-order valence-electron chi connectivity index (χ2n) is 6.36. The van der Waals surface area contributed by atoms with Crippen molar-refractivity contribution in [3.8, 4) is 0 Å². The van der Waals surface area contributed by atoms with Gasteiger partial charge in [0.2, 0.25) is 11.8 Å². The van der Waals surface area contributed by atoms with Crippen LogP contribution in [0.5, 0.6) is 0 Å². The summed E-state index contributed by atoms with van der Waals surface area (Å²) in [6.45, 7) is 5.98. The van der Waals surface area contributed by atoms with E-state index in [0.717, 1.165) is 13.0 Å². The van der Waals surface area contributed by atoms with Crippen LogP contribution >= 0.6 is 0 Å². The molecule has 0 bridgehead atoms. The van der Waals surface area contributed by atoms with E-state index in [0.29, 0.717) is 0 Å². The van der Waals surface area contributed by atoms with E-state index in [2.05, 4.69) is 36.7 Å². The van der Waals surface area contributed by atoms with Crippen LogP contribution in [-0.2, 0) is 9.59 Å². The Morgan fingerprint density at radius 2 is 1.68 bits per heavy atom.